The normalized spacial score (nSPS) is 31.5. The van der Waals surface area contributed by atoms with Crippen LogP contribution in [0.4, 0.5) is 0 Å². The minimum Gasteiger partial charge on any atom is -0.393 e. The minimum absolute atomic E-state index is 0.0130. The van der Waals surface area contributed by atoms with Crippen molar-refractivity contribution in [3.63, 3.8) is 0 Å². The van der Waals surface area contributed by atoms with Gasteiger partial charge >= 0.3 is 0 Å². The van der Waals surface area contributed by atoms with E-state index in [1.165, 1.54) is 44.9 Å². The Kier molecular flexibility index (Phi) is 4.67. The summed E-state index contributed by atoms with van der Waals surface area (Å²) < 4.78 is 0. The molecule has 1 fully saturated rings. The van der Waals surface area contributed by atoms with Crippen molar-refractivity contribution in [2.24, 2.45) is 5.92 Å². The van der Waals surface area contributed by atoms with Gasteiger partial charge in [0, 0.05) is 0 Å². The summed E-state index contributed by atoms with van der Waals surface area (Å²) in [6.07, 6.45) is 10.0. The van der Waals surface area contributed by atoms with Crippen molar-refractivity contribution in [3.8, 4) is 0 Å². The second-order valence-corrected chi connectivity index (χ2v) is 4.11. The van der Waals surface area contributed by atoms with E-state index in [2.05, 4.69) is 6.92 Å². The van der Waals surface area contributed by atoms with Crippen molar-refractivity contribution >= 4 is 0 Å². The van der Waals surface area contributed by atoms with Crippen LogP contribution in [0.15, 0.2) is 0 Å². The number of unbranched alkanes of at least 4 members (excludes halogenated alkanes) is 1. The Balaban J connectivity index is 2.26. The summed E-state index contributed by atoms with van der Waals surface area (Å²) in [7, 11) is 0. The fourth-order valence-electron chi connectivity index (χ4n) is 2.17. The summed E-state index contributed by atoms with van der Waals surface area (Å²) in [5, 5.41) is 9.78. The number of aliphatic hydroxyl groups excluding tert-OH is 1. The smallest absolute Gasteiger partial charge is 0.0568 e. The lowest BCUT2D eigenvalue weighted by atomic mass is 9.92. The first-order valence-electron chi connectivity index (χ1n) is 5.52. The molecule has 1 aliphatic rings. The molecule has 1 aliphatic carbocycles. The molecule has 2 atom stereocenters. The van der Waals surface area contributed by atoms with Crippen LogP contribution in [0.3, 0.4) is 0 Å². The molecule has 72 valence electrons. The third-order valence-electron chi connectivity index (χ3n) is 3.05. The second-order valence-electron chi connectivity index (χ2n) is 4.11. The lowest BCUT2D eigenvalue weighted by Crippen LogP contribution is -2.18. The van der Waals surface area contributed by atoms with Crippen LogP contribution in [0.2, 0.25) is 0 Å². The van der Waals surface area contributed by atoms with Crippen molar-refractivity contribution in [1.82, 2.24) is 0 Å². The molecule has 0 saturated heterocycles. The van der Waals surface area contributed by atoms with E-state index in [9.17, 15) is 5.11 Å². The largest absolute Gasteiger partial charge is 0.393 e. The quantitative estimate of drug-likeness (QED) is 0.645. The molecule has 0 aromatic carbocycles. The van der Waals surface area contributed by atoms with E-state index in [0.717, 1.165) is 6.42 Å². The molecule has 0 heterocycles. The molecule has 1 rings (SSSR count). The van der Waals surface area contributed by atoms with Crippen LogP contribution in [0.1, 0.15) is 58.3 Å². The van der Waals surface area contributed by atoms with Crippen LogP contribution < -0.4 is 0 Å². The van der Waals surface area contributed by atoms with E-state index < -0.39 is 0 Å². The summed E-state index contributed by atoms with van der Waals surface area (Å²) in [6.45, 7) is 2.23. The monoisotopic (exact) mass is 170 g/mol. The molecule has 1 saturated carbocycles. The Hall–Kier alpha value is -0.0400. The van der Waals surface area contributed by atoms with Gasteiger partial charge in [-0.1, -0.05) is 39.0 Å². The molecule has 1 nitrogen and oxygen atoms in total. The summed E-state index contributed by atoms with van der Waals surface area (Å²) in [5.41, 5.74) is 0. The SMILES string of the molecule is CCCCC1CCCCCC1O. The van der Waals surface area contributed by atoms with Crippen LogP contribution in [-0.4, -0.2) is 11.2 Å². The van der Waals surface area contributed by atoms with Crippen LogP contribution in [0, 0.1) is 5.92 Å². The number of hydrogen-bond donors (Lipinski definition) is 1. The average molecular weight is 170 g/mol. The summed E-state index contributed by atoms with van der Waals surface area (Å²) in [4.78, 5) is 0. The maximum Gasteiger partial charge on any atom is 0.0568 e. The van der Waals surface area contributed by atoms with E-state index in [4.69, 9.17) is 0 Å². The van der Waals surface area contributed by atoms with Gasteiger partial charge in [0.2, 0.25) is 0 Å². The zero-order valence-electron chi connectivity index (χ0n) is 8.26. The summed E-state index contributed by atoms with van der Waals surface area (Å²) in [6, 6.07) is 0. The average Bonchev–Trinajstić information content (AvgIpc) is 2.27. The predicted molar refractivity (Wildman–Crippen MR) is 52.1 cm³/mol. The molecule has 0 aromatic heterocycles. The highest BCUT2D eigenvalue weighted by Gasteiger charge is 2.20. The van der Waals surface area contributed by atoms with Gasteiger partial charge in [-0.15, -0.1) is 0 Å². The molecule has 1 N–H and O–H groups in total. The van der Waals surface area contributed by atoms with Gasteiger partial charge in [0.05, 0.1) is 6.10 Å². The highest BCUT2D eigenvalue weighted by atomic mass is 16.3. The fraction of sp³-hybridized carbons (Fsp3) is 1.00. The molecular weight excluding hydrogens is 148 g/mol. The van der Waals surface area contributed by atoms with Crippen molar-refractivity contribution < 1.29 is 5.11 Å². The Bertz CT molecular complexity index is 112. The minimum atomic E-state index is 0.0130. The van der Waals surface area contributed by atoms with Gasteiger partial charge in [0.25, 0.3) is 0 Å². The Labute approximate surface area is 76.2 Å². The lowest BCUT2D eigenvalue weighted by Gasteiger charge is -2.19. The van der Waals surface area contributed by atoms with Crippen LogP contribution in [-0.2, 0) is 0 Å². The third kappa shape index (κ3) is 3.14. The molecule has 0 aromatic rings. The van der Waals surface area contributed by atoms with E-state index >= 15 is 0 Å². The second kappa shape index (κ2) is 5.58. The topological polar surface area (TPSA) is 20.2 Å². The van der Waals surface area contributed by atoms with E-state index in [-0.39, 0.29) is 6.10 Å². The van der Waals surface area contributed by atoms with Gasteiger partial charge in [0.15, 0.2) is 0 Å². The lowest BCUT2D eigenvalue weighted by molar-refractivity contribution is 0.0945. The molecule has 0 radical (unpaired) electrons. The van der Waals surface area contributed by atoms with Crippen molar-refractivity contribution in [3.05, 3.63) is 0 Å². The first-order valence-corrected chi connectivity index (χ1v) is 5.52. The Morgan fingerprint density at radius 1 is 1.17 bits per heavy atom. The summed E-state index contributed by atoms with van der Waals surface area (Å²) in [5.74, 6) is 0.618. The molecule has 0 aliphatic heterocycles. The van der Waals surface area contributed by atoms with Crippen molar-refractivity contribution in [2.45, 2.75) is 64.4 Å². The highest BCUT2D eigenvalue weighted by Crippen LogP contribution is 2.27. The predicted octanol–water partition coefficient (Wildman–Crippen LogP) is 3.12. The Morgan fingerprint density at radius 2 is 1.92 bits per heavy atom. The Morgan fingerprint density at radius 3 is 2.67 bits per heavy atom. The summed E-state index contributed by atoms with van der Waals surface area (Å²) >= 11 is 0. The number of aliphatic hydroxyl groups is 1. The van der Waals surface area contributed by atoms with Crippen LogP contribution in [0.25, 0.3) is 0 Å². The maximum absolute atomic E-state index is 9.78. The van der Waals surface area contributed by atoms with Crippen molar-refractivity contribution in [1.29, 1.82) is 0 Å². The first kappa shape index (κ1) is 10.0. The first-order chi connectivity index (χ1) is 5.84. The standard InChI is InChI=1S/C11H22O/c1-2-3-7-10-8-5-4-6-9-11(10)12/h10-12H,2-9H2,1H3. The number of hydrogen-bond acceptors (Lipinski definition) is 1. The number of rotatable bonds is 3. The van der Waals surface area contributed by atoms with Gasteiger partial charge in [-0.05, 0) is 25.2 Å². The molecule has 2 unspecified atom stereocenters. The van der Waals surface area contributed by atoms with Gasteiger partial charge in [-0.3, -0.25) is 0 Å². The van der Waals surface area contributed by atoms with Gasteiger partial charge in [-0.25, -0.2) is 0 Å². The van der Waals surface area contributed by atoms with Gasteiger partial charge in [0.1, 0.15) is 0 Å². The van der Waals surface area contributed by atoms with E-state index in [1.54, 1.807) is 0 Å². The molecule has 1 heteroatoms. The van der Waals surface area contributed by atoms with E-state index in [0.29, 0.717) is 5.92 Å². The zero-order chi connectivity index (χ0) is 8.81. The maximum atomic E-state index is 9.78. The van der Waals surface area contributed by atoms with Gasteiger partial charge in [-0.2, -0.15) is 0 Å². The van der Waals surface area contributed by atoms with Crippen molar-refractivity contribution in [2.75, 3.05) is 0 Å². The van der Waals surface area contributed by atoms with Crippen LogP contribution in [0.5, 0.6) is 0 Å². The third-order valence-corrected chi connectivity index (χ3v) is 3.05. The zero-order valence-corrected chi connectivity index (χ0v) is 8.26. The van der Waals surface area contributed by atoms with Gasteiger partial charge < -0.3 is 5.11 Å². The molecule has 0 bridgehead atoms. The molecule has 12 heavy (non-hydrogen) atoms. The highest BCUT2D eigenvalue weighted by molar-refractivity contribution is 4.72. The van der Waals surface area contributed by atoms with Crippen LogP contribution >= 0.6 is 0 Å². The fourth-order valence-corrected chi connectivity index (χ4v) is 2.17. The molecular formula is C11H22O. The molecule has 0 amide bonds. The van der Waals surface area contributed by atoms with E-state index in [1.807, 2.05) is 0 Å². The molecule has 0 spiro atoms.